The highest BCUT2D eigenvalue weighted by atomic mass is 32.2. The molecule has 2 aromatic rings. The minimum atomic E-state index is 0.532. The van der Waals surface area contributed by atoms with Crippen LogP contribution in [0.5, 0.6) is 0 Å². The maximum Gasteiger partial charge on any atom is 0.129 e. The Morgan fingerprint density at radius 1 is 1.03 bits per heavy atom. The van der Waals surface area contributed by atoms with Crippen LogP contribution in [-0.2, 0) is 11.3 Å². The Morgan fingerprint density at radius 2 is 1.76 bits per heavy atom. The molecule has 1 aromatic heterocycles. The van der Waals surface area contributed by atoms with Crippen LogP contribution in [0.1, 0.15) is 31.2 Å². The first-order valence-corrected chi connectivity index (χ1v) is 11.6. The second-order valence-electron chi connectivity index (χ2n) is 7.96. The number of hydrogen-bond donors (Lipinski definition) is 1. The van der Waals surface area contributed by atoms with Crippen molar-refractivity contribution in [2.24, 2.45) is 0 Å². The molecular formula is C23H32N4OS. The van der Waals surface area contributed by atoms with E-state index in [0.717, 1.165) is 30.5 Å². The SMILES string of the molecule is CNSc1ccc(N2[C@H]3CC[C@H]2COC3)nc1.c1ccc(CN2CCCC2)cc1. The molecule has 0 aliphatic carbocycles. The number of benzene rings is 1. The number of likely N-dealkylation sites (tertiary alicyclic amines) is 1. The number of pyridine rings is 1. The number of hydrogen-bond acceptors (Lipinski definition) is 6. The van der Waals surface area contributed by atoms with Crippen LogP contribution in [0.15, 0.2) is 53.6 Å². The van der Waals surface area contributed by atoms with Gasteiger partial charge in [0, 0.05) is 17.6 Å². The summed E-state index contributed by atoms with van der Waals surface area (Å²) in [5.74, 6) is 1.10. The molecule has 1 aromatic carbocycles. The van der Waals surface area contributed by atoms with Crippen molar-refractivity contribution in [1.29, 1.82) is 0 Å². The monoisotopic (exact) mass is 412 g/mol. The fourth-order valence-electron chi connectivity index (χ4n) is 4.49. The van der Waals surface area contributed by atoms with E-state index in [4.69, 9.17) is 4.74 Å². The lowest BCUT2D eigenvalue weighted by molar-refractivity contribution is 0.0902. The zero-order valence-corrected chi connectivity index (χ0v) is 18.1. The van der Waals surface area contributed by atoms with E-state index in [0.29, 0.717) is 12.1 Å². The summed E-state index contributed by atoms with van der Waals surface area (Å²) in [7, 11) is 1.92. The van der Waals surface area contributed by atoms with Gasteiger partial charge in [0.2, 0.25) is 0 Å². The smallest absolute Gasteiger partial charge is 0.129 e. The standard InChI is InChI=1S/C12H17N3OS.C11H15N/c1-13-17-11-4-5-12(14-6-11)15-9-2-3-10(15)8-16-7-9;1-2-6-11(7-3-1)10-12-8-4-5-9-12/h4-6,9-10,13H,2-3,7-8H2,1H3;1-3,6-7H,4-5,8-10H2/t9-,10-;/m0./s1. The summed E-state index contributed by atoms with van der Waals surface area (Å²) in [6, 6.07) is 16.0. The van der Waals surface area contributed by atoms with E-state index in [1.165, 1.54) is 44.3 Å². The molecule has 0 saturated carbocycles. The lowest BCUT2D eigenvalue weighted by Gasteiger charge is -2.35. The Hall–Kier alpha value is -1.60. The van der Waals surface area contributed by atoms with Crippen LogP contribution in [0.3, 0.4) is 0 Å². The molecule has 6 heteroatoms. The maximum atomic E-state index is 5.59. The van der Waals surface area contributed by atoms with Gasteiger partial charge >= 0.3 is 0 Å². The van der Waals surface area contributed by atoms with Crippen LogP contribution in [0.4, 0.5) is 5.82 Å². The van der Waals surface area contributed by atoms with Gasteiger partial charge in [0.05, 0.1) is 25.3 Å². The quantitative estimate of drug-likeness (QED) is 0.750. The lowest BCUT2D eigenvalue weighted by Crippen LogP contribution is -2.46. The minimum absolute atomic E-state index is 0.532. The number of anilines is 1. The first kappa shape index (κ1) is 20.7. The predicted molar refractivity (Wildman–Crippen MR) is 120 cm³/mol. The van der Waals surface area contributed by atoms with Crippen molar-refractivity contribution in [1.82, 2.24) is 14.6 Å². The second-order valence-corrected chi connectivity index (χ2v) is 9.04. The van der Waals surface area contributed by atoms with Gasteiger partial charge in [0.1, 0.15) is 5.82 Å². The van der Waals surface area contributed by atoms with Gasteiger partial charge in [-0.2, -0.15) is 0 Å². The van der Waals surface area contributed by atoms with Gasteiger partial charge in [-0.1, -0.05) is 30.3 Å². The molecule has 5 rings (SSSR count). The zero-order valence-electron chi connectivity index (χ0n) is 17.3. The summed E-state index contributed by atoms with van der Waals surface area (Å²) < 4.78 is 8.64. The molecule has 3 fully saturated rings. The van der Waals surface area contributed by atoms with E-state index in [9.17, 15) is 0 Å². The molecule has 1 N–H and O–H groups in total. The van der Waals surface area contributed by atoms with E-state index in [1.54, 1.807) is 11.9 Å². The molecule has 2 bridgehead atoms. The summed E-state index contributed by atoms with van der Waals surface area (Å²) in [4.78, 5) is 10.7. The van der Waals surface area contributed by atoms with Crippen molar-refractivity contribution in [3.05, 3.63) is 54.2 Å². The van der Waals surface area contributed by atoms with Crippen LogP contribution in [0.25, 0.3) is 0 Å². The number of morpholine rings is 1. The van der Waals surface area contributed by atoms with Gasteiger partial charge in [-0.3, -0.25) is 9.62 Å². The highest BCUT2D eigenvalue weighted by Crippen LogP contribution is 2.33. The molecule has 0 spiro atoms. The first-order chi connectivity index (χ1) is 14.3. The van der Waals surface area contributed by atoms with Crippen molar-refractivity contribution >= 4 is 17.8 Å². The van der Waals surface area contributed by atoms with Gasteiger partial charge in [-0.05, 0) is 75.5 Å². The highest BCUT2D eigenvalue weighted by Gasteiger charge is 2.37. The topological polar surface area (TPSA) is 40.6 Å². The third kappa shape index (κ3) is 5.51. The molecule has 3 aliphatic heterocycles. The van der Waals surface area contributed by atoms with Gasteiger partial charge in [0.15, 0.2) is 0 Å². The molecule has 3 aliphatic rings. The molecule has 0 unspecified atom stereocenters. The number of fused-ring (bicyclic) bond motifs is 2. The normalized spacial score (nSPS) is 23.7. The molecule has 156 valence electrons. The number of aromatic nitrogens is 1. The molecule has 0 radical (unpaired) electrons. The van der Waals surface area contributed by atoms with Crippen LogP contribution >= 0.6 is 11.9 Å². The second kappa shape index (κ2) is 10.4. The number of rotatable bonds is 5. The molecule has 3 saturated heterocycles. The molecule has 2 atom stereocenters. The average Bonchev–Trinajstić information content (AvgIpc) is 3.35. The Morgan fingerprint density at radius 3 is 2.38 bits per heavy atom. The number of nitrogens with zero attached hydrogens (tertiary/aromatic N) is 3. The van der Waals surface area contributed by atoms with Crippen LogP contribution in [0, 0.1) is 0 Å². The van der Waals surface area contributed by atoms with E-state index in [-0.39, 0.29) is 0 Å². The Labute approximate surface area is 179 Å². The summed E-state index contributed by atoms with van der Waals surface area (Å²) >= 11 is 1.59. The van der Waals surface area contributed by atoms with Crippen molar-refractivity contribution < 1.29 is 4.74 Å². The third-order valence-electron chi connectivity index (χ3n) is 5.89. The molecule has 5 nitrogen and oxygen atoms in total. The summed E-state index contributed by atoms with van der Waals surface area (Å²) in [6.07, 6.45) is 7.17. The Balaban J connectivity index is 0.000000150. The van der Waals surface area contributed by atoms with Crippen LogP contribution in [0.2, 0.25) is 0 Å². The average molecular weight is 413 g/mol. The van der Waals surface area contributed by atoms with E-state index in [1.807, 2.05) is 13.2 Å². The zero-order chi connectivity index (χ0) is 19.9. The Kier molecular flexibility index (Phi) is 7.44. The predicted octanol–water partition coefficient (Wildman–Crippen LogP) is 3.96. The highest BCUT2D eigenvalue weighted by molar-refractivity contribution is 7.97. The molecule has 0 amide bonds. The molecule has 29 heavy (non-hydrogen) atoms. The third-order valence-corrected chi connectivity index (χ3v) is 6.57. The summed E-state index contributed by atoms with van der Waals surface area (Å²) in [5.41, 5.74) is 1.44. The van der Waals surface area contributed by atoms with E-state index >= 15 is 0 Å². The van der Waals surface area contributed by atoms with Crippen molar-refractivity contribution in [2.45, 2.75) is 49.2 Å². The lowest BCUT2D eigenvalue weighted by atomic mass is 10.2. The van der Waals surface area contributed by atoms with Gasteiger partial charge in [-0.15, -0.1) is 0 Å². The fourth-order valence-corrected chi connectivity index (χ4v) is 4.97. The van der Waals surface area contributed by atoms with Crippen LogP contribution in [-0.4, -0.2) is 55.3 Å². The summed E-state index contributed by atoms with van der Waals surface area (Å²) in [6.45, 7) is 5.42. The number of nitrogens with one attached hydrogen (secondary N) is 1. The fraction of sp³-hybridized carbons (Fsp3) is 0.522. The first-order valence-electron chi connectivity index (χ1n) is 10.8. The van der Waals surface area contributed by atoms with Crippen molar-refractivity contribution in [3.8, 4) is 0 Å². The number of ether oxygens (including phenoxy) is 1. The van der Waals surface area contributed by atoms with E-state index in [2.05, 4.69) is 62.0 Å². The largest absolute Gasteiger partial charge is 0.377 e. The van der Waals surface area contributed by atoms with Gasteiger partial charge < -0.3 is 9.64 Å². The van der Waals surface area contributed by atoms with E-state index < -0.39 is 0 Å². The summed E-state index contributed by atoms with van der Waals surface area (Å²) in [5, 5.41) is 0. The minimum Gasteiger partial charge on any atom is -0.377 e. The molecule has 4 heterocycles. The van der Waals surface area contributed by atoms with Crippen molar-refractivity contribution in [3.63, 3.8) is 0 Å². The van der Waals surface area contributed by atoms with Crippen LogP contribution < -0.4 is 9.62 Å². The van der Waals surface area contributed by atoms with Gasteiger partial charge in [-0.25, -0.2) is 4.98 Å². The molecular weight excluding hydrogens is 380 g/mol. The van der Waals surface area contributed by atoms with Gasteiger partial charge in [0.25, 0.3) is 0 Å². The van der Waals surface area contributed by atoms with Crippen molar-refractivity contribution in [2.75, 3.05) is 38.3 Å². The Bertz CT molecular complexity index is 720. The maximum absolute atomic E-state index is 5.59.